The van der Waals surface area contributed by atoms with E-state index >= 15 is 0 Å². The molecule has 0 aliphatic heterocycles. The molecule has 0 aromatic heterocycles. The molecule has 1 aliphatic rings. The average Bonchev–Trinajstić information content (AvgIpc) is 2.39. The van der Waals surface area contributed by atoms with Crippen molar-refractivity contribution in [3.8, 4) is 0 Å². The molecule has 0 unspecified atom stereocenters. The smallest absolute Gasteiger partial charge is 0.161 e. The lowest BCUT2D eigenvalue weighted by Crippen LogP contribution is -2.06. The molecule has 1 aromatic rings. The van der Waals surface area contributed by atoms with Crippen LogP contribution in [0.1, 0.15) is 49.4 Å². The van der Waals surface area contributed by atoms with Gasteiger partial charge in [0.25, 0.3) is 0 Å². The minimum Gasteiger partial charge on any atom is -0.398 e. The van der Waals surface area contributed by atoms with Gasteiger partial charge in [-0.25, -0.2) is 0 Å². The van der Waals surface area contributed by atoms with Crippen molar-refractivity contribution >= 4 is 17.2 Å². The molecule has 3 N–H and O–H groups in total. The van der Waals surface area contributed by atoms with Gasteiger partial charge in [0.15, 0.2) is 5.78 Å². The third kappa shape index (κ3) is 3.85. The number of hydrogen-bond acceptors (Lipinski definition) is 3. The van der Waals surface area contributed by atoms with E-state index in [2.05, 4.69) is 11.4 Å². The number of benzene rings is 1. The summed E-state index contributed by atoms with van der Waals surface area (Å²) in [5, 5.41) is 3.37. The Morgan fingerprint density at radius 1 is 1.37 bits per heavy atom. The molecule has 1 aliphatic carbocycles. The first kappa shape index (κ1) is 13.7. The largest absolute Gasteiger partial charge is 0.398 e. The first-order chi connectivity index (χ1) is 9.16. The van der Waals surface area contributed by atoms with Gasteiger partial charge in [-0.05, 0) is 57.2 Å². The van der Waals surface area contributed by atoms with Crippen molar-refractivity contribution in [3.63, 3.8) is 0 Å². The van der Waals surface area contributed by atoms with Crippen LogP contribution in [0.4, 0.5) is 11.4 Å². The summed E-state index contributed by atoms with van der Waals surface area (Å²) in [7, 11) is 0. The van der Waals surface area contributed by atoms with Gasteiger partial charge >= 0.3 is 0 Å². The van der Waals surface area contributed by atoms with Crippen LogP contribution in [-0.2, 0) is 0 Å². The summed E-state index contributed by atoms with van der Waals surface area (Å²) in [6, 6.07) is 5.55. The van der Waals surface area contributed by atoms with Gasteiger partial charge in [0.05, 0.1) is 0 Å². The lowest BCUT2D eigenvalue weighted by Gasteiger charge is -2.14. The molecule has 0 atom stereocenters. The van der Waals surface area contributed by atoms with E-state index in [0.29, 0.717) is 11.3 Å². The van der Waals surface area contributed by atoms with Crippen molar-refractivity contribution in [1.82, 2.24) is 0 Å². The summed E-state index contributed by atoms with van der Waals surface area (Å²) in [6.07, 6.45) is 8.60. The lowest BCUT2D eigenvalue weighted by molar-refractivity contribution is 0.101. The van der Waals surface area contributed by atoms with E-state index in [1.807, 2.05) is 12.1 Å². The zero-order valence-corrected chi connectivity index (χ0v) is 11.5. The van der Waals surface area contributed by atoms with E-state index in [9.17, 15) is 4.79 Å². The normalized spacial score (nSPS) is 14.9. The molecule has 0 bridgehead atoms. The fraction of sp³-hybridized carbons (Fsp3) is 0.438. The van der Waals surface area contributed by atoms with E-state index in [0.717, 1.165) is 18.7 Å². The van der Waals surface area contributed by atoms with Gasteiger partial charge in [-0.1, -0.05) is 11.6 Å². The van der Waals surface area contributed by atoms with Crippen LogP contribution in [0.25, 0.3) is 0 Å². The van der Waals surface area contributed by atoms with Gasteiger partial charge in [-0.15, -0.1) is 0 Å². The number of ketones is 1. The van der Waals surface area contributed by atoms with Crippen molar-refractivity contribution in [2.75, 3.05) is 17.6 Å². The molecule has 3 heteroatoms. The average molecular weight is 258 g/mol. The fourth-order valence-corrected chi connectivity index (χ4v) is 2.49. The number of anilines is 2. The van der Waals surface area contributed by atoms with Crippen LogP contribution in [0.3, 0.4) is 0 Å². The van der Waals surface area contributed by atoms with Gasteiger partial charge in [0.1, 0.15) is 0 Å². The molecular formula is C16H22N2O. The van der Waals surface area contributed by atoms with E-state index < -0.39 is 0 Å². The maximum absolute atomic E-state index is 11.3. The lowest BCUT2D eigenvalue weighted by atomic mass is 9.97. The number of nitrogens with one attached hydrogen (secondary N) is 1. The standard InChI is InChI=1S/C16H22N2O/c1-12(19)15-8-7-14(11-16(15)17)18-10-9-13-5-3-2-4-6-13/h5,7-8,11,18H,2-4,6,9-10,17H2,1H3. The second-order valence-electron chi connectivity index (χ2n) is 5.14. The zero-order valence-electron chi connectivity index (χ0n) is 11.5. The van der Waals surface area contributed by atoms with Crippen molar-refractivity contribution in [2.45, 2.75) is 39.0 Å². The number of nitrogens with two attached hydrogens (primary N) is 1. The van der Waals surface area contributed by atoms with Crippen LogP contribution in [0.15, 0.2) is 29.8 Å². The van der Waals surface area contributed by atoms with Gasteiger partial charge in [-0.2, -0.15) is 0 Å². The maximum atomic E-state index is 11.3. The predicted molar refractivity (Wildman–Crippen MR) is 80.5 cm³/mol. The second kappa shape index (κ2) is 6.41. The zero-order chi connectivity index (χ0) is 13.7. The monoisotopic (exact) mass is 258 g/mol. The number of rotatable bonds is 5. The number of nitrogen functional groups attached to an aromatic ring is 1. The molecule has 19 heavy (non-hydrogen) atoms. The number of allylic oxidation sites excluding steroid dienone is 1. The Morgan fingerprint density at radius 3 is 2.84 bits per heavy atom. The Kier molecular flexibility index (Phi) is 4.61. The molecule has 0 amide bonds. The van der Waals surface area contributed by atoms with Gasteiger partial charge < -0.3 is 11.1 Å². The number of carbonyl (C=O) groups is 1. The number of hydrogen-bond donors (Lipinski definition) is 2. The summed E-state index contributed by atoms with van der Waals surface area (Å²) < 4.78 is 0. The Bertz CT molecular complexity index is 492. The maximum Gasteiger partial charge on any atom is 0.161 e. The van der Waals surface area contributed by atoms with Crippen LogP contribution in [0.2, 0.25) is 0 Å². The molecule has 0 spiro atoms. The van der Waals surface area contributed by atoms with Crippen molar-refractivity contribution in [2.24, 2.45) is 0 Å². The topological polar surface area (TPSA) is 55.1 Å². The summed E-state index contributed by atoms with van der Waals surface area (Å²) in [5.41, 5.74) is 9.56. The third-order valence-corrected chi connectivity index (χ3v) is 3.59. The van der Waals surface area contributed by atoms with Crippen LogP contribution in [0.5, 0.6) is 0 Å². The molecule has 2 rings (SSSR count). The highest BCUT2D eigenvalue weighted by Crippen LogP contribution is 2.21. The minimum absolute atomic E-state index is 0.0106. The van der Waals surface area contributed by atoms with Gasteiger partial charge in [0, 0.05) is 23.5 Å². The first-order valence-corrected chi connectivity index (χ1v) is 6.99. The molecule has 102 valence electrons. The summed E-state index contributed by atoms with van der Waals surface area (Å²) in [6.45, 7) is 2.46. The Labute approximate surface area is 114 Å². The molecule has 0 fully saturated rings. The van der Waals surface area contributed by atoms with E-state index in [1.54, 1.807) is 11.6 Å². The molecular weight excluding hydrogens is 236 g/mol. The molecule has 3 nitrogen and oxygen atoms in total. The first-order valence-electron chi connectivity index (χ1n) is 6.99. The molecule has 0 radical (unpaired) electrons. The van der Waals surface area contributed by atoms with Crippen LogP contribution in [-0.4, -0.2) is 12.3 Å². The highest BCUT2D eigenvalue weighted by atomic mass is 16.1. The van der Waals surface area contributed by atoms with Gasteiger partial charge in [0.2, 0.25) is 0 Å². The highest BCUT2D eigenvalue weighted by molar-refractivity contribution is 5.99. The van der Waals surface area contributed by atoms with E-state index in [4.69, 9.17) is 5.73 Å². The highest BCUT2D eigenvalue weighted by Gasteiger charge is 2.06. The third-order valence-electron chi connectivity index (χ3n) is 3.59. The van der Waals surface area contributed by atoms with E-state index in [1.165, 1.54) is 32.6 Å². The van der Waals surface area contributed by atoms with Crippen molar-refractivity contribution in [1.29, 1.82) is 0 Å². The quantitative estimate of drug-likeness (QED) is 0.480. The minimum atomic E-state index is 0.0106. The molecule has 0 saturated carbocycles. The second-order valence-corrected chi connectivity index (χ2v) is 5.14. The van der Waals surface area contributed by atoms with Crippen LogP contribution >= 0.6 is 0 Å². The summed E-state index contributed by atoms with van der Waals surface area (Å²) >= 11 is 0. The van der Waals surface area contributed by atoms with Gasteiger partial charge in [-0.3, -0.25) is 4.79 Å². The van der Waals surface area contributed by atoms with E-state index in [-0.39, 0.29) is 5.78 Å². The molecule has 0 heterocycles. The molecule has 1 aromatic carbocycles. The fourth-order valence-electron chi connectivity index (χ4n) is 2.49. The Morgan fingerprint density at radius 2 is 2.21 bits per heavy atom. The number of Topliss-reactive ketones (excluding diaryl/α,β-unsaturated/α-hetero) is 1. The van der Waals surface area contributed by atoms with Crippen LogP contribution < -0.4 is 11.1 Å². The van der Waals surface area contributed by atoms with Crippen LogP contribution in [0, 0.1) is 0 Å². The molecule has 0 saturated heterocycles. The Balaban J connectivity index is 1.87. The predicted octanol–water partition coefficient (Wildman–Crippen LogP) is 3.77. The van der Waals surface area contributed by atoms with Crippen molar-refractivity contribution < 1.29 is 4.79 Å². The summed E-state index contributed by atoms with van der Waals surface area (Å²) in [4.78, 5) is 11.3. The summed E-state index contributed by atoms with van der Waals surface area (Å²) in [5.74, 6) is 0.0106. The SMILES string of the molecule is CC(=O)c1ccc(NCCC2=CCCCC2)cc1N. The Hall–Kier alpha value is -1.77. The number of carbonyl (C=O) groups excluding carboxylic acids is 1. The van der Waals surface area contributed by atoms with Crippen molar-refractivity contribution in [3.05, 3.63) is 35.4 Å².